The monoisotopic (exact) mass is 396 g/mol. The Morgan fingerprint density at radius 1 is 1.24 bits per heavy atom. The van der Waals surface area contributed by atoms with E-state index in [1.807, 2.05) is 38.0 Å². The van der Waals surface area contributed by atoms with Crippen molar-refractivity contribution in [3.05, 3.63) is 48.0 Å². The van der Waals surface area contributed by atoms with Gasteiger partial charge in [-0.25, -0.2) is 9.78 Å². The van der Waals surface area contributed by atoms with E-state index >= 15 is 0 Å². The molecule has 1 unspecified atom stereocenters. The SMILES string of the molecule is CC(C)(C)C(=O)ON1CCCC(NCCc2ccc(-c3cccc(N)n3)cc2)C1. The number of rotatable bonds is 6. The Labute approximate surface area is 173 Å². The molecule has 0 amide bonds. The van der Waals surface area contributed by atoms with Gasteiger partial charge < -0.3 is 15.9 Å². The van der Waals surface area contributed by atoms with Gasteiger partial charge >= 0.3 is 5.97 Å². The molecule has 6 nitrogen and oxygen atoms in total. The molecule has 1 aromatic carbocycles. The number of nitrogens with zero attached hydrogens (tertiary/aromatic N) is 2. The van der Waals surface area contributed by atoms with Gasteiger partial charge in [0.25, 0.3) is 0 Å². The Balaban J connectivity index is 1.45. The number of nitrogens with two attached hydrogens (primary N) is 1. The van der Waals surface area contributed by atoms with Gasteiger partial charge in [-0.15, -0.1) is 5.06 Å². The zero-order valence-corrected chi connectivity index (χ0v) is 17.6. The molecule has 0 spiro atoms. The normalized spacial score (nSPS) is 17.8. The Morgan fingerprint density at radius 2 is 2.00 bits per heavy atom. The largest absolute Gasteiger partial charge is 0.384 e. The van der Waals surface area contributed by atoms with Crippen molar-refractivity contribution < 1.29 is 9.63 Å². The van der Waals surface area contributed by atoms with E-state index in [0.29, 0.717) is 11.9 Å². The van der Waals surface area contributed by atoms with Crippen LogP contribution >= 0.6 is 0 Å². The minimum atomic E-state index is -0.479. The second kappa shape index (κ2) is 9.37. The van der Waals surface area contributed by atoms with Gasteiger partial charge in [-0.1, -0.05) is 30.3 Å². The summed E-state index contributed by atoms with van der Waals surface area (Å²) in [5, 5.41) is 5.41. The van der Waals surface area contributed by atoms with Crippen molar-refractivity contribution in [3.8, 4) is 11.3 Å². The molecule has 1 atom stereocenters. The van der Waals surface area contributed by atoms with Gasteiger partial charge in [-0.2, -0.15) is 0 Å². The van der Waals surface area contributed by atoms with Crippen molar-refractivity contribution in [1.29, 1.82) is 0 Å². The molecule has 3 N–H and O–H groups in total. The standard InChI is InChI=1S/C23H32N4O2/c1-23(2,3)22(28)29-27-15-5-6-19(16-27)25-14-13-17-9-11-18(12-10-17)20-7-4-8-21(24)26-20/h4,7-12,19,25H,5-6,13-16H2,1-3H3,(H2,24,26). The van der Waals surface area contributed by atoms with Crippen molar-refractivity contribution >= 4 is 11.8 Å². The van der Waals surface area contributed by atoms with E-state index in [1.54, 1.807) is 6.07 Å². The first-order chi connectivity index (χ1) is 13.8. The maximum absolute atomic E-state index is 12.1. The summed E-state index contributed by atoms with van der Waals surface area (Å²) in [6.45, 7) is 8.07. The highest BCUT2D eigenvalue weighted by Crippen LogP contribution is 2.20. The molecular formula is C23H32N4O2. The quantitative estimate of drug-likeness (QED) is 0.779. The Kier molecular flexibility index (Phi) is 6.87. The molecule has 1 fully saturated rings. The van der Waals surface area contributed by atoms with Crippen LogP contribution in [-0.2, 0) is 16.1 Å². The molecule has 0 aliphatic carbocycles. The highest BCUT2D eigenvalue weighted by Gasteiger charge is 2.28. The summed E-state index contributed by atoms with van der Waals surface area (Å²) < 4.78 is 0. The van der Waals surface area contributed by atoms with Crippen molar-refractivity contribution in [1.82, 2.24) is 15.4 Å². The molecule has 1 aliphatic heterocycles. The third-order valence-electron chi connectivity index (χ3n) is 5.08. The fraction of sp³-hybridized carbons (Fsp3) is 0.478. The Morgan fingerprint density at radius 3 is 2.69 bits per heavy atom. The average Bonchev–Trinajstić information content (AvgIpc) is 2.68. The van der Waals surface area contributed by atoms with Gasteiger partial charge in [0.15, 0.2) is 0 Å². The fourth-order valence-electron chi connectivity index (χ4n) is 3.32. The molecule has 1 aromatic heterocycles. The highest BCUT2D eigenvalue weighted by atomic mass is 16.7. The summed E-state index contributed by atoms with van der Waals surface area (Å²) in [5.74, 6) is 0.360. The predicted octanol–water partition coefficient (Wildman–Crippen LogP) is 3.43. The average molecular weight is 397 g/mol. The lowest BCUT2D eigenvalue weighted by atomic mass is 9.98. The van der Waals surface area contributed by atoms with Crippen molar-refractivity contribution in [2.75, 3.05) is 25.4 Å². The van der Waals surface area contributed by atoms with E-state index < -0.39 is 5.41 Å². The van der Waals surface area contributed by atoms with Gasteiger partial charge in [0.2, 0.25) is 0 Å². The minimum Gasteiger partial charge on any atom is -0.384 e. The van der Waals surface area contributed by atoms with Gasteiger partial charge in [-0.3, -0.25) is 0 Å². The van der Waals surface area contributed by atoms with Crippen molar-refractivity contribution in [3.63, 3.8) is 0 Å². The smallest absolute Gasteiger partial charge is 0.330 e. The number of nitrogen functional groups attached to an aromatic ring is 1. The number of hydrogen-bond acceptors (Lipinski definition) is 6. The number of carbonyl (C=O) groups excluding carboxylic acids is 1. The molecule has 1 saturated heterocycles. The van der Waals surface area contributed by atoms with Crippen LogP contribution in [0.1, 0.15) is 39.2 Å². The van der Waals surface area contributed by atoms with Gasteiger partial charge in [0.1, 0.15) is 5.82 Å². The maximum atomic E-state index is 12.1. The summed E-state index contributed by atoms with van der Waals surface area (Å²) in [7, 11) is 0. The maximum Gasteiger partial charge on any atom is 0.330 e. The molecule has 2 heterocycles. The molecule has 2 aromatic rings. The lowest BCUT2D eigenvalue weighted by Crippen LogP contribution is -2.47. The van der Waals surface area contributed by atoms with Crippen LogP contribution in [0, 0.1) is 5.41 Å². The molecule has 0 radical (unpaired) electrons. The molecular weight excluding hydrogens is 364 g/mol. The molecule has 156 valence electrons. The fourth-order valence-corrected chi connectivity index (χ4v) is 3.32. The van der Waals surface area contributed by atoms with Crippen LogP contribution in [0.5, 0.6) is 0 Å². The zero-order valence-electron chi connectivity index (χ0n) is 17.6. The van der Waals surface area contributed by atoms with E-state index in [-0.39, 0.29) is 5.97 Å². The summed E-state index contributed by atoms with van der Waals surface area (Å²) in [5.41, 5.74) is 8.52. The number of hydrogen-bond donors (Lipinski definition) is 2. The zero-order chi connectivity index (χ0) is 20.9. The summed E-state index contributed by atoms with van der Waals surface area (Å²) in [6.07, 6.45) is 3.07. The Bertz CT molecular complexity index is 814. The summed E-state index contributed by atoms with van der Waals surface area (Å²) in [4.78, 5) is 22.0. The van der Waals surface area contributed by atoms with E-state index in [0.717, 1.165) is 50.2 Å². The van der Waals surface area contributed by atoms with Gasteiger partial charge in [0.05, 0.1) is 17.7 Å². The summed E-state index contributed by atoms with van der Waals surface area (Å²) in [6, 6.07) is 14.5. The minimum absolute atomic E-state index is 0.173. The number of carbonyl (C=O) groups is 1. The number of pyridine rings is 1. The number of aromatic nitrogens is 1. The second-order valence-electron chi connectivity index (χ2n) is 8.70. The second-order valence-corrected chi connectivity index (χ2v) is 8.70. The highest BCUT2D eigenvalue weighted by molar-refractivity contribution is 5.75. The number of anilines is 1. The van der Waals surface area contributed by atoms with E-state index in [1.165, 1.54) is 5.56 Å². The van der Waals surface area contributed by atoms with Crippen LogP contribution in [0.3, 0.4) is 0 Å². The van der Waals surface area contributed by atoms with Crippen LogP contribution in [0.15, 0.2) is 42.5 Å². The van der Waals surface area contributed by atoms with Crippen molar-refractivity contribution in [2.45, 2.75) is 46.1 Å². The van der Waals surface area contributed by atoms with Gasteiger partial charge in [-0.05, 0) is 64.3 Å². The summed E-state index contributed by atoms with van der Waals surface area (Å²) >= 11 is 0. The molecule has 3 rings (SSSR count). The van der Waals surface area contributed by atoms with Crippen LogP contribution in [-0.4, -0.2) is 41.7 Å². The number of benzene rings is 1. The number of piperidine rings is 1. The van der Waals surface area contributed by atoms with Crippen LogP contribution in [0.4, 0.5) is 5.82 Å². The first kappa shape index (κ1) is 21.3. The van der Waals surface area contributed by atoms with Gasteiger partial charge in [0, 0.05) is 18.2 Å². The van der Waals surface area contributed by atoms with Crippen LogP contribution in [0.25, 0.3) is 11.3 Å². The first-order valence-corrected chi connectivity index (χ1v) is 10.3. The van der Waals surface area contributed by atoms with E-state index in [2.05, 4.69) is 34.6 Å². The van der Waals surface area contributed by atoms with E-state index in [9.17, 15) is 4.79 Å². The molecule has 1 aliphatic rings. The van der Waals surface area contributed by atoms with Crippen molar-refractivity contribution in [2.24, 2.45) is 5.41 Å². The molecule has 0 bridgehead atoms. The first-order valence-electron chi connectivity index (χ1n) is 10.3. The van der Waals surface area contributed by atoms with Crippen LogP contribution < -0.4 is 11.1 Å². The predicted molar refractivity (Wildman–Crippen MR) is 116 cm³/mol. The number of hydroxylamine groups is 2. The number of nitrogens with one attached hydrogen (secondary N) is 1. The van der Waals surface area contributed by atoms with E-state index in [4.69, 9.17) is 10.6 Å². The third-order valence-corrected chi connectivity index (χ3v) is 5.08. The van der Waals surface area contributed by atoms with Crippen LogP contribution in [0.2, 0.25) is 0 Å². The third kappa shape index (κ3) is 6.27. The molecule has 0 saturated carbocycles. The topological polar surface area (TPSA) is 80.5 Å². The molecule has 6 heteroatoms. The Hall–Kier alpha value is -2.44. The lowest BCUT2D eigenvalue weighted by Gasteiger charge is -2.33. The molecule has 29 heavy (non-hydrogen) atoms. The lowest BCUT2D eigenvalue weighted by molar-refractivity contribution is -0.205.